The van der Waals surface area contributed by atoms with Crippen molar-refractivity contribution in [2.24, 2.45) is 11.7 Å². The molecule has 2 N–H and O–H groups in total. The molecule has 1 fully saturated rings. The van der Waals surface area contributed by atoms with Crippen LogP contribution in [0.3, 0.4) is 0 Å². The zero-order chi connectivity index (χ0) is 13.1. The molecule has 18 heavy (non-hydrogen) atoms. The second kappa shape index (κ2) is 5.75. The molecule has 0 saturated heterocycles. The van der Waals surface area contributed by atoms with Gasteiger partial charge in [0, 0.05) is 25.3 Å². The van der Waals surface area contributed by atoms with Gasteiger partial charge in [-0.1, -0.05) is 31.9 Å². The highest BCUT2D eigenvalue weighted by Crippen LogP contribution is 2.32. The van der Waals surface area contributed by atoms with Crippen LogP contribution >= 0.6 is 0 Å². The smallest absolute Gasteiger partial charge is 0.0414 e. The van der Waals surface area contributed by atoms with Gasteiger partial charge in [0.25, 0.3) is 0 Å². The maximum atomic E-state index is 5.88. The molecule has 1 saturated carbocycles. The molecule has 0 aliphatic heterocycles. The fraction of sp³-hybridized carbons (Fsp3) is 0.625. The fourth-order valence-corrected chi connectivity index (χ4v) is 3.23. The van der Waals surface area contributed by atoms with Crippen LogP contribution < -0.4 is 10.6 Å². The minimum atomic E-state index is 0.626. The lowest BCUT2D eigenvalue weighted by molar-refractivity contribution is 0.321. The van der Waals surface area contributed by atoms with Gasteiger partial charge in [0.05, 0.1) is 0 Å². The van der Waals surface area contributed by atoms with E-state index in [1.807, 2.05) is 0 Å². The molecule has 100 valence electrons. The molecule has 0 heterocycles. The van der Waals surface area contributed by atoms with Crippen LogP contribution in [0.5, 0.6) is 0 Å². The van der Waals surface area contributed by atoms with Gasteiger partial charge in [0.2, 0.25) is 0 Å². The molecule has 1 aromatic rings. The molecule has 2 rings (SSSR count). The minimum absolute atomic E-state index is 0.626. The quantitative estimate of drug-likeness (QED) is 0.885. The van der Waals surface area contributed by atoms with Crippen LogP contribution in [-0.2, 0) is 6.54 Å². The van der Waals surface area contributed by atoms with Crippen molar-refractivity contribution in [2.75, 3.05) is 11.9 Å². The number of hydrogen-bond donors (Lipinski definition) is 1. The van der Waals surface area contributed by atoms with Gasteiger partial charge in [-0.15, -0.1) is 0 Å². The van der Waals surface area contributed by atoms with E-state index in [1.54, 1.807) is 0 Å². The largest absolute Gasteiger partial charge is 0.371 e. The second-order valence-electron chi connectivity index (χ2n) is 5.78. The minimum Gasteiger partial charge on any atom is -0.371 e. The standard InChI is InChI=1S/C16H26N2/c1-12-8-9-14(11-17)16(10-12)18(3)15-7-5-4-6-13(15)2/h8-10,13,15H,4-7,11,17H2,1-3H3. The molecule has 0 spiro atoms. The van der Waals surface area contributed by atoms with Gasteiger partial charge in [0.15, 0.2) is 0 Å². The van der Waals surface area contributed by atoms with Crippen LogP contribution in [0.1, 0.15) is 43.7 Å². The number of benzene rings is 1. The Morgan fingerprint density at radius 2 is 2.00 bits per heavy atom. The van der Waals surface area contributed by atoms with Crippen molar-refractivity contribution < 1.29 is 0 Å². The Kier molecular flexibility index (Phi) is 4.28. The first-order valence-electron chi connectivity index (χ1n) is 7.16. The number of rotatable bonds is 3. The van der Waals surface area contributed by atoms with E-state index in [-0.39, 0.29) is 0 Å². The second-order valence-corrected chi connectivity index (χ2v) is 5.78. The maximum absolute atomic E-state index is 5.88. The molecule has 1 aliphatic rings. The summed E-state index contributed by atoms with van der Waals surface area (Å²) in [5, 5.41) is 0. The number of nitrogens with zero attached hydrogens (tertiary/aromatic N) is 1. The predicted molar refractivity (Wildman–Crippen MR) is 78.9 cm³/mol. The van der Waals surface area contributed by atoms with Gasteiger partial charge in [-0.3, -0.25) is 0 Å². The molecule has 0 bridgehead atoms. The van der Waals surface area contributed by atoms with Crippen LogP contribution in [-0.4, -0.2) is 13.1 Å². The van der Waals surface area contributed by atoms with Crippen molar-refractivity contribution in [1.82, 2.24) is 0 Å². The molecule has 2 atom stereocenters. The summed E-state index contributed by atoms with van der Waals surface area (Å²) in [5.74, 6) is 0.787. The van der Waals surface area contributed by atoms with Crippen molar-refractivity contribution in [3.63, 3.8) is 0 Å². The maximum Gasteiger partial charge on any atom is 0.0414 e. The SMILES string of the molecule is Cc1ccc(CN)c(N(C)C2CCCCC2C)c1. The van der Waals surface area contributed by atoms with Gasteiger partial charge < -0.3 is 10.6 Å². The van der Waals surface area contributed by atoms with E-state index in [1.165, 1.54) is 42.5 Å². The summed E-state index contributed by atoms with van der Waals surface area (Å²) >= 11 is 0. The summed E-state index contributed by atoms with van der Waals surface area (Å²) in [6, 6.07) is 7.29. The Hall–Kier alpha value is -1.02. The molecule has 0 aromatic heterocycles. The highest BCUT2D eigenvalue weighted by molar-refractivity contribution is 5.55. The lowest BCUT2D eigenvalue weighted by Gasteiger charge is -2.38. The van der Waals surface area contributed by atoms with E-state index in [2.05, 4.69) is 44.0 Å². The monoisotopic (exact) mass is 246 g/mol. The summed E-state index contributed by atoms with van der Waals surface area (Å²) in [5.41, 5.74) is 9.79. The van der Waals surface area contributed by atoms with Crippen molar-refractivity contribution in [1.29, 1.82) is 0 Å². The summed E-state index contributed by atoms with van der Waals surface area (Å²) in [7, 11) is 2.24. The van der Waals surface area contributed by atoms with E-state index in [4.69, 9.17) is 5.73 Å². The van der Waals surface area contributed by atoms with E-state index < -0.39 is 0 Å². The fourth-order valence-electron chi connectivity index (χ4n) is 3.23. The van der Waals surface area contributed by atoms with Crippen molar-refractivity contribution in [3.8, 4) is 0 Å². The lowest BCUT2D eigenvalue weighted by atomic mass is 9.84. The van der Waals surface area contributed by atoms with Gasteiger partial charge in [-0.25, -0.2) is 0 Å². The third-order valence-electron chi connectivity index (χ3n) is 4.40. The average Bonchev–Trinajstić information content (AvgIpc) is 2.38. The highest BCUT2D eigenvalue weighted by atomic mass is 15.1. The van der Waals surface area contributed by atoms with Gasteiger partial charge in [0.1, 0.15) is 0 Å². The Morgan fingerprint density at radius 3 is 2.67 bits per heavy atom. The number of hydrogen-bond acceptors (Lipinski definition) is 2. The molecular weight excluding hydrogens is 220 g/mol. The first kappa shape index (κ1) is 13.4. The van der Waals surface area contributed by atoms with Gasteiger partial charge in [-0.05, 0) is 42.9 Å². The van der Waals surface area contributed by atoms with Crippen LogP contribution in [0, 0.1) is 12.8 Å². The van der Waals surface area contributed by atoms with Crippen LogP contribution in [0.25, 0.3) is 0 Å². The number of anilines is 1. The van der Waals surface area contributed by atoms with E-state index in [9.17, 15) is 0 Å². The first-order valence-corrected chi connectivity index (χ1v) is 7.16. The van der Waals surface area contributed by atoms with E-state index >= 15 is 0 Å². The van der Waals surface area contributed by atoms with Crippen molar-refractivity contribution in [3.05, 3.63) is 29.3 Å². The highest BCUT2D eigenvalue weighted by Gasteiger charge is 2.26. The Bertz CT molecular complexity index is 400. The van der Waals surface area contributed by atoms with E-state index in [0.29, 0.717) is 12.6 Å². The van der Waals surface area contributed by atoms with Crippen LogP contribution in [0.15, 0.2) is 18.2 Å². The van der Waals surface area contributed by atoms with E-state index in [0.717, 1.165) is 5.92 Å². The Labute approximate surface area is 111 Å². The molecule has 2 heteroatoms. The first-order chi connectivity index (χ1) is 8.63. The number of aryl methyl sites for hydroxylation is 1. The molecule has 2 unspecified atom stereocenters. The summed E-state index contributed by atoms with van der Waals surface area (Å²) < 4.78 is 0. The summed E-state index contributed by atoms with van der Waals surface area (Å²) in [6.07, 6.45) is 5.43. The van der Waals surface area contributed by atoms with Crippen LogP contribution in [0.2, 0.25) is 0 Å². The Balaban J connectivity index is 2.26. The van der Waals surface area contributed by atoms with Crippen molar-refractivity contribution >= 4 is 5.69 Å². The van der Waals surface area contributed by atoms with Gasteiger partial charge in [-0.2, -0.15) is 0 Å². The predicted octanol–water partition coefficient (Wildman–Crippen LogP) is 3.47. The molecule has 1 aromatic carbocycles. The zero-order valence-corrected chi connectivity index (χ0v) is 11.9. The molecule has 0 amide bonds. The lowest BCUT2D eigenvalue weighted by Crippen LogP contribution is -2.39. The van der Waals surface area contributed by atoms with Crippen molar-refractivity contribution in [2.45, 2.75) is 52.1 Å². The third kappa shape index (κ3) is 2.69. The average molecular weight is 246 g/mol. The molecular formula is C16H26N2. The number of nitrogens with two attached hydrogens (primary N) is 1. The molecule has 1 aliphatic carbocycles. The summed E-state index contributed by atoms with van der Waals surface area (Å²) in [6.45, 7) is 5.17. The molecule has 0 radical (unpaired) electrons. The topological polar surface area (TPSA) is 29.3 Å². The molecule has 2 nitrogen and oxygen atoms in total. The Morgan fingerprint density at radius 1 is 1.28 bits per heavy atom. The summed E-state index contributed by atoms with van der Waals surface area (Å²) in [4.78, 5) is 2.47. The zero-order valence-electron chi connectivity index (χ0n) is 11.9. The van der Waals surface area contributed by atoms with Crippen LogP contribution in [0.4, 0.5) is 5.69 Å². The third-order valence-corrected chi connectivity index (χ3v) is 4.40. The normalized spacial score (nSPS) is 24.0. The van der Waals surface area contributed by atoms with Gasteiger partial charge >= 0.3 is 0 Å².